The van der Waals surface area contributed by atoms with E-state index in [4.69, 9.17) is 0 Å². The monoisotopic (exact) mass is 460 g/mol. The highest BCUT2D eigenvalue weighted by Crippen LogP contribution is 2.30. The molecular weight excluding hydrogens is 410 g/mol. The lowest BCUT2D eigenvalue weighted by Gasteiger charge is -2.23. The molecule has 0 bridgehead atoms. The highest BCUT2D eigenvalue weighted by Gasteiger charge is 2.17. The topological polar surface area (TPSA) is 0 Å². The fourth-order valence-electron chi connectivity index (χ4n) is 3.72. The first-order valence-corrected chi connectivity index (χ1v) is 12.7. The summed E-state index contributed by atoms with van der Waals surface area (Å²) in [5.74, 6) is 1.83. The van der Waals surface area contributed by atoms with Crippen LogP contribution in [0.15, 0.2) is 72.9 Å². The molecule has 0 saturated heterocycles. The summed E-state index contributed by atoms with van der Waals surface area (Å²) in [6.07, 6.45) is 10.9. The van der Waals surface area contributed by atoms with Gasteiger partial charge in [-0.3, -0.25) is 0 Å². The van der Waals surface area contributed by atoms with E-state index in [1.807, 2.05) is 13.8 Å². The van der Waals surface area contributed by atoms with Gasteiger partial charge in [-0.1, -0.05) is 99.3 Å². The van der Waals surface area contributed by atoms with Crippen LogP contribution in [0.2, 0.25) is 0 Å². The number of allylic oxidation sites excluding steroid dienone is 8. The molecular formula is C31H50F2. The molecule has 0 rings (SSSR count). The molecule has 0 aromatic heterocycles. The molecule has 5 unspecified atom stereocenters. The molecule has 0 radical (unpaired) electrons. The van der Waals surface area contributed by atoms with Gasteiger partial charge in [0.25, 0.3) is 0 Å². The van der Waals surface area contributed by atoms with Crippen LogP contribution < -0.4 is 0 Å². The standard InChI is InChI=1S/C31H50F2/c1-21(2)12-13-22(3)23(4)14-15-26(7)28(9)20-31(33)30(11)27(8)17-16-24(5)25(6)18-19-29(10)32/h18-24,26-27H,6,9-17H2,1-5,7-8H3/b19-18-,31-20+. The van der Waals surface area contributed by atoms with Gasteiger partial charge in [0, 0.05) is 0 Å². The highest BCUT2D eigenvalue weighted by atomic mass is 19.1. The Kier molecular flexibility index (Phi) is 15.2. The third kappa shape index (κ3) is 13.6. The third-order valence-electron chi connectivity index (χ3n) is 7.22. The van der Waals surface area contributed by atoms with Gasteiger partial charge in [-0.15, -0.1) is 0 Å². The van der Waals surface area contributed by atoms with Gasteiger partial charge in [-0.2, -0.15) is 0 Å². The molecule has 188 valence electrons. The average molecular weight is 461 g/mol. The van der Waals surface area contributed by atoms with E-state index in [2.05, 4.69) is 60.9 Å². The van der Waals surface area contributed by atoms with Crippen molar-refractivity contribution in [2.45, 2.75) is 87.0 Å². The largest absolute Gasteiger partial charge is 0.208 e. The van der Waals surface area contributed by atoms with E-state index in [9.17, 15) is 8.78 Å². The van der Waals surface area contributed by atoms with Gasteiger partial charge >= 0.3 is 0 Å². The molecule has 0 aliphatic rings. The fourth-order valence-corrected chi connectivity index (χ4v) is 3.72. The maximum absolute atomic E-state index is 14.9. The molecule has 0 aromatic carbocycles. The van der Waals surface area contributed by atoms with Crippen molar-refractivity contribution in [1.29, 1.82) is 0 Å². The zero-order chi connectivity index (χ0) is 25.7. The van der Waals surface area contributed by atoms with Crippen LogP contribution in [0.1, 0.15) is 87.0 Å². The minimum Gasteiger partial charge on any atom is -0.208 e. The second kappa shape index (κ2) is 16.0. The van der Waals surface area contributed by atoms with E-state index in [0.29, 0.717) is 17.4 Å². The second-order valence-electron chi connectivity index (χ2n) is 10.7. The summed E-state index contributed by atoms with van der Waals surface area (Å²) in [7, 11) is 0. The Hall–Kier alpha value is -1.70. The number of hydrogen-bond acceptors (Lipinski definition) is 0. The predicted molar refractivity (Wildman–Crippen MR) is 144 cm³/mol. The van der Waals surface area contributed by atoms with E-state index in [1.54, 1.807) is 12.2 Å². The summed E-state index contributed by atoms with van der Waals surface area (Å²) in [6.45, 7) is 30.8. The predicted octanol–water partition coefficient (Wildman–Crippen LogP) is 10.7. The van der Waals surface area contributed by atoms with Crippen LogP contribution >= 0.6 is 0 Å². The molecule has 33 heavy (non-hydrogen) atoms. The normalized spacial score (nSPS) is 17.0. The molecule has 2 heteroatoms. The molecule has 0 saturated carbocycles. The molecule has 0 amide bonds. The summed E-state index contributed by atoms with van der Waals surface area (Å²) >= 11 is 0. The summed E-state index contributed by atoms with van der Waals surface area (Å²) in [5, 5.41) is 0. The van der Waals surface area contributed by atoms with E-state index < -0.39 is 5.83 Å². The van der Waals surface area contributed by atoms with Crippen molar-refractivity contribution in [1.82, 2.24) is 0 Å². The zero-order valence-electron chi connectivity index (χ0n) is 22.5. The first kappa shape index (κ1) is 31.3. The first-order valence-electron chi connectivity index (χ1n) is 12.7. The molecule has 0 heterocycles. The lowest BCUT2D eigenvalue weighted by Crippen LogP contribution is -2.11. The van der Waals surface area contributed by atoms with Gasteiger partial charge in [0.05, 0.1) is 0 Å². The Morgan fingerprint density at radius 3 is 1.58 bits per heavy atom. The molecule has 0 spiro atoms. The molecule has 0 aliphatic carbocycles. The van der Waals surface area contributed by atoms with Gasteiger partial charge in [0.1, 0.15) is 11.7 Å². The van der Waals surface area contributed by atoms with Crippen LogP contribution in [-0.4, -0.2) is 0 Å². The maximum Gasteiger partial charge on any atom is 0.126 e. The smallest absolute Gasteiger partial charge is 0.126 e. The lowest BCUT2D eigenvalue weighted by molar-refractivity contribution is 0.306. The SMILES string of the molecule is C=C(F)/C=C\C(=C)C(C)CCC(C)C(=C)/C(F)=C\C(=C)C(C)CCC(C)C(C)CCC(C)C. The van der Waals surface area contributed by atoms with Crippen LogP contribution in [-0.2, 0) is 0 Å². The minimum absolute atomic E-state index is 0.0153. The van der Waals surface area contributed by atoms with Crippen LogP contribution in [0.3, 0.4) is 0 Å². The van der Waals surface area contributed by atoms with Crippen LogP contribution in [0, 0.1) is 35.5 Å². The molecule has 5 atom stereocenters. The van der Waals surface area contributed by atoms with Crippen molar-refractivity contribution in [2.24, 2.45) is 35.5 Å². The number of rotatable bonds is 17. The van der Waals surface area contributed by atoms with Crippen molar-refractivity contribution in [3.05, 3.63) is 72.9 Å². The van der Waals surface area contributed by atoms with Crippen molar-refractivity contribution < 1.29 is 8.78 Å². The van der Waals surface area contributed by atoms with Crippen LogP contribution in [0.25, 0.3) is 0 Å². The van der Waals surface area contributed by atoms with E-state index in [-0.39, 0.29) is 23.6 Å². The number of hydrogen-bond donors (Lipinski definition) is 0. The van der Waals surface area contributed by atoms with Gasteiger partial charge < -0.3 is 0 Å². The van der Waals surface area contributed by atoms with Gasteiger partial charge in [-0.25, -0.2) is 8.78 Å². The molecule has 0 aliphatic heterocycles. The average Bonchev–Trinajstić information content (AvgIpc) is 2.75. The van der Waals surface area contributed by atoms with Gasteiger partial charge in [0.2, 0.25) is 0 Å². The van der Waals surface area contributed by atoms with E-state index in [1.165, 1.54) is 18.9 Å². The highest BCUT2D eigenvalue weighted by molar-refractivity contribution is 5.32. The summed E-state index contributed by atoms with van der Waals surface area (Å²) < 4.78 is 27.7. The number of halogens is 2. The third-order valence-corrected chi connectivity index (χ3v) is 7.22. The summed E-state index contributed by atoms with van der Waals surface area (Å²) in [5.41, 5.74) is 2.20. The van der Waals surface area contributed by atoms with E-state index in [0.717, 1.165) is 42.7 Å². The zero-order valence-corrected chi connectivity index (χ0v) is 22.5. The van der Waals surface area contributed by atoms with Crippen molar-refractivity contribution in [3.63, 3.8) is 0 Å². The molecule has 0 N–H and O–H groups in total. The maximum atomic E-state index is 14.9. The van der Waals surface area contributed by atoms with Gasteiger partial charge in [-0.05, 0) is 84.5 Å². The van der Waals surface area contributed by atoms with Crippen molar-refractivity contribution >= 4 is 0 Å². The Bertz CT molecular complexity index is 706. The van der Waals surface area contributed by atoms with Crippen LogP contribution in [0.4, 0.5) is 8.78 Å². The molecule has 0 aromatic rings. The molecule has 0 nitrogen and oxygen atoms in total. The molecule has 0 fully saturated rings. The Morgan fingerprint density at radius 1 is 0.606 bits per heavy atom. The summed E-state index contributed by atoms with van der Waals surface area (Å²) in [6, 6.07) is 0. The first-order chi connectivity index (χ1) is 15.3. The van der Waals surface area contributed by atoms with Crippen LogP contribution in [0.5, 0.6) is 0 Å². The lowest BCUT2D eigenvalue weighted by atomic mass is 9.83. The minimum atomic E-state index is -0.484. The van der Waals surface area contributed by atoms with E-state index >= 15 is 0 Å². The summed E-state index contributed by atoms with van der Waals surface area (Å²) in [4.78, 5) is 0. The van der Waals surface area contributed by atoms with Crippen molar-refractivity contribution in [2.75, 3.05) is 0 Å². The second-order valence-corrected chi connectivity index (χ2v) is 10.7. The van der Waals surface area contributed by atoms with Gasteiger partial charge in [0.15, 0.2) is 0 Å². The quantitative estimate of drug-likeness (QED) is 0.189. The Labute approximate surface area is 204 Å². The van der Waals surface area contributed by atoms with Crippen molar-refractivity contribution in [3.8, 4) is 0 Å². The fraction of sp³-hybridized carbons (Fsp3) is 0.613. The Morgan fingerprint density at radius 2 is 1.06 bits per heavy atom. The Balaban J connectivity index is 4.65.